The molecule has 1 heterocycles. The van der Waals surface area contributed by atoms with Crippen LogP contribution in [0.5, 0.6) is 0 Å². The maximum atomic E-state index is 3.65. The SMILES string of the molecule is CCCC(C)C1NCCCC1C. The van der Waals surface area contributed by atoms with Crippen molar-refractivity contribution in [3.63, 3.8) is 0 Å². The fourth-order valence-electron chi connectivity index (χ4n) is 2.47. The molecule has 0 bridgehead atoms. The zero-order valence-electron chi connectivity index (χ0n) is 8.77. The Morgan fingerprint density at radius 3 is 2.83 bits per heavy atom. The van der Waals surface area contributed by atoms with Crippen LogP contribution in [0.4, 0.5) is 0 Å². The van der Waals surface area contributed by atoms with E-state index >= 15 is 0 Å². The zero-order chi connectivity index (χ0) is 8.97. The molecule has 0 amide bonds. The predicted molar refractivity (Wildman–Crippen MR) is 54.3 cm³/mol. The van der Waals surface area contributed by atoms with Crippen molar-refractivity contribution < 1.29 is 0 Å². The van der Waals surface area contributed by atoms with Gasteiger partial charge < -0.3 is 5.32 Å². The van der Waals surface area contributed by atoms with E-state index in [4.69, 9.17) is 0 Å². The third-order valence-electron chi connectivity index (χ3n) is 3.19. The summed E-state index contributed by atoms with van der Waals surface area (Å²) >= 11 is 0. The van der Waals surface area contributed by atoms with Crippen molar-refractivity contribution in [1.29, 1.82) is 0 Å². The van der Waals surface area contributed by atoms with Gasteiger partial charge in [0.2, 0.25) is 0 Å². The summed E-state index contributed by atoms with van der Waals surface area (Å²) in [5, 5.41) is 3.65. The number of hydrogen-bond donors (Lipinski definition) is 1. The zero-order valence-corrected chi connectivity index (χ0v) is 8.77. The molecule has 0 aromatic carbocycles. The Kier molecular flexibility index (Phi) is 4.07. The molecule has 1 fully saturated rings. The Bertz CT molecular complexity index is 122. The second-order valence-electron chi connectivity index (χ2n) is 4.37. The minimum Gasteiger partial charge on any atom is -0.313 e. The highest BCUT2D eigenvalue weighted by Crippen LogP contribution is 2.24. The first kappa shape index (κ1) is 10.0. The predicted octanol–water partition coefficient (Wildman–Crippen LogP) is 2.81. The van der Waals surface area contributed by atoms with E-state index in [1.165, 1.54) is 32.2 Å². The highest BCUT2D eigenvalue weighted by atomic mass is 14.9. The van der Waals surface area contributed by atoms with Crippen LogP contribution < -0.4 is 5.32 Å². The third-order valence-corrected chi connectivity index (χ3v) is 3.19. The molecule has 0 aliphatic carbocycles. The average Bonchev–Trinajstić information content (AvgIpc) is 2.05. The van der Waals surface area contributed by atoms with E-state index in [0.717, 1.165) is 17.9 Å². The van der Waals surface area contributed by atoms with Gasteiger partial charge in [-0.2, -0.15) is 0 Å². The van der Waals surface area contributed by atoms with Crippen LogP contribution in [-0.4, -0.2) is 12.6 Å². The Morgan fingerprint density at radius 2 is 2.25 bits per heavy atom. The van der Waals surface area contributed by atoms with Crippen LogP contribution in [-0.2, 0) is 0 Å². The van der Waals surface area contributed by atoms with Gasteiger partial charge in [0.1, 0.15) is 0 Å². The van der Waals surface area contributed by atoms with E-state index in [9.17, 15) is 0 Å². The van der Waals surface area contributed by atoms with Crippen molar-refractivity contribution in [2.24, 2.45) is 11.8 Å². The number of piperidine rings is 1. The van der Waals surface area contributed by atoms with Gasteiger partial charge >= 0.3 is 0 Å². The Hall–Kier alpha value is -0.0400. The van der Waals surface area contributed by atoms with Crippen molar-refractivity contribution in [3.8, 4) is 0 Å². The molecular formula is C11H23N. The average molecular weight is 169 g/mol. The number of rotatable bonds is 3. The van der Waals surface area contributed by atoms with Crippen molar-refractivity contribution >= 4 is 0 Å². The summed E-state index contributed by atoms with van der Waals surface area (Å²) in [5.74, 6) is 1.76. The summed E-state index contributed by atoms with van der Waals surface area (Å²) in [7, 11) is 0. The van der Waals surface area contributed by atoms with E-state index in [1.54, 1.807) is 0 Å². The topological polar surface area (TPSA) is 12.0 Å². The summed E-state index contributed by atoms with van der Waals surface area (Å²) in [6.07, 6.45) is 5.50. The van der Waals surface area contributed by atoms with Gasteiger partial charge in [0.05, 0.1) is 0 Å². The van der Waals surface area contributed by atoms with Crippen molar-refractivity contribution in [3.05, 3.63) is 0 Å². The monoisotopic (exact) mass is 169 g/mol. The quantitative estimate of drug-likeness (QED) is 0.685. The van der Waals surface area contributed by atoms with Crippen LogP contribution in [0.1, 0.15) is 46.5 Å². The van der Waals surface area contributed by atoms with Gasteiger partial charge in [-0.15, -0.1) is 0 Å². The lowest BCUT2D eigenvalue weighted by Gasteiger charge is -2.34. The maximum absolute atomic E-state index is 3.65. The molecular weight excluding hydrogens is 146 g/mol. The maximum Gasteiger partial charge on any atom is 0.0118 e. The molecule has 0 aromatic rings. The molecule has 72 valence electrons. The molecule has 0 aromatic heterocycles. The first-order chi connectivity index (χ1) is 5.75. The molecule has 3 atom stereocenters. The van der Waals surface area contributed by atoms with E-state index < -0.39 is 0 Å². The summed E-state index contributed by atoms with van der Waals surface area (Å²) in [4.78, 5) is 0. The van der Waals surface area contributed by atoms with Gasteiger partial charge in [-0.05, 0) is 37.6 Å². The van der Waals surface area contributed by atoms with Crippen LogP contribution in [0.2, 0.25) is 0 Å². The highest BCUT2D eigenvalue weighted by Gasteiger charge is 2.24. The lowest BCUT2D eigenvalue weighted by molar-refractivity contribution is 0.223. The van der Waals surface area contributed by atoms with E-state index in [0.29, 0.717) is 0 Å². The Labute approximate surface area is 76.9 Å². The molecule has 3 unspecified atom stereocenters. The fraction of sp³-hybridized carbons (Fsp3) is 1.00. The van der Waals surface area contributed by atoms with Crippen LogP contribution in [0.25, 0.3) is 0 Å². The van der Waals surface area contributed by atoms with Crippen molar-refractivity contribution in [1.82, 2.24) is 5.32 Å². The van der Waals surface area contributed by atoms with E-state index in [-0.39, 0.29) is 0 Å². The summed E-state index contributed by atoms with van der Waals surface area (Å²) < 4.78 is 0. The molecule has 1 heteroatoms. The molecule has 1 saturated heterocycles. The normalized spacial score (nSPS) is 33.2. The molecule has 0 saturated carbocycles. The van der Waals surface area contributed by atoms with Gasteiger partial charge in [0, 0.05) is 6.04 Å². The molecule has 1 aliphatic heterocycles. The van der Waals surface area contributed by atoms with Crippen LogP contribution in [0, 0.1) is 11.8 Å². The van der Waals surface area contributed by atoms with Gasteiger partial charge in [-0.1, -0.05) is 27.2 Å². The number of nitrogens with one attached hydrogen (secondary N) is 1. The molecule has 12 heavy (non-hydrogen) atoms. The van der Waals surface area contributed by atoms with Gasteiger partial charge in [-0.25, -0.2) is 0 Å². The third kappa shape index (κ3) is 2.48. The smallest absolute Gasteiger partial charge is 0.0118 e. The minimum absolute atomic E-state index is 0.790. The second-order valence-corrected chi connectivity index (χ2v) is 4.37. The van der Waals surface area contributed by atoms with Crippen molar-refractivity contribution in [2.45, 2.75) is 52.5 Å². The highest BCUT2D eigenvalue weighted by molar-refractivity contribution is 4.82. The molecule has 0 spiro atoms. The lowest BCUT2D eigenvalue weighted by atomic mass is 9.83. The molecule has 1 aliphatic rings. The van der Waals surface area contributed by atoms with Gasteiger partial charge in [0.25, 0.3) is 0 Å². The van der Waals surface area contributed by atoms with Crippen LogP contribution in [0.3, 0.4) is 0 Å². The molecule has 0 radical (unpaired) electrons. The summed E-state index contributed by atoms with van der Waals surface area (Å²) in [6.45, 7) is 8.30. The number of hydrogen-bond acceptors (Lipinski definition) is 1. The summed E-state index contributed by atoms with van der Waals surface area (Å²) in [5.41, 5.74) is 0. The first-order valence-electron chi connectivity index (χ1n) is 5.49. The summed E-state index contributed by atoms with van der Waals surface area (Å²) in [6, 6.07) is 0.790. The minimum atomic E-state index is 0.790. The Balaban J connectivity index is 2.36. The first-order valence-corrected chi connectivity index (χ1v) is 5.49. The molecule has 1 rings (SSSR count). The van der Waals surface area contributed by atoms with Gasteiger partial charge in [-0.3, -0.25) is 0 Å². The van der Waals surface area contributed by atoms with Crippen LogP contribution in [0.15, 0.2) is 0 Å². The van der Waals surface area contributed by atoms with E-state index in [1.807, 2.05) is 0 Å². The van der Waals surface area contributed by atoms with E-state index in [2.05, 4.69) is 26.1 Å². The van der Waals surface area contributed by atoms with Gasteiger partial charge in [0.15, 0.2) is 0 Å². The second kappa shape index (κ2) is 4.86. The Morgan fingerprint density at radius 1 is 1.50 bits per heavy atom. The largest absolute Gasteiger partial charge is 0.313 e. The van der Waals surface area contributed by atoms with Crippen LogP contribution >= 0.6 is 0 Å². The molecule has 1 nitrogen and oxygen atoms in total. The molecule has 1 N–H and O–H groups in total. The fourth-order valence-corrected chi connectivity index (χ4v) is 2.47. The van der Waals surface area contributed by atoms with Crippen molar-refractivity contribution in [2.75, 3.05) is 6.54 Å². The standard InChI is InChI=1S/C11H23N/c1-4-6-9(2)11-10(3)7-5-8-12-11/h9-12H,4-8H2,1-3H3. The lowest BCUT2D eigenvalue weighted by Crippen LogP contribution is -2.44.